The highest BCUT2D eigenvalue weighted by molar-refractivity contribution is 7.78. The predicted molar refractivity (Wildman–Crippen MR) is 59.4 cm³/mol. The van der Waals surface area contributed by atoms with Crippen LogP contribution in [-0.2, 0) is 0 Å². The summed E-state index contributed by atoms with van der Waals surface area (Å²) in [6.45, 7) is 2.92. The van der Waals surface area contributed by atoms with Crippen LogP contribution in [0.15, 0.2) is 35.3 Å². The van der Waals surface area contributed by atoms with Crippen molar-refractivity contribution in [3.8, 4) is 0 Å². The van der Waals surface area contributed by atoms with Crippen molar-refractivity contribution in [2.45, 2.75) is 19.3 Å². The molecule has 0 N–H and O–H groups in total. The Morgan fingerprint density at radius 2 is 2.08 bits per heavy atom. The lowest BCUT2D eigenvalue weighted by molar-refractivity contribution is 0.678. The Morgan fingerprint density at radius 3 is 2.62 bits per heavy atom. The number of hydrogen-bond donors (Lipinski definition) is 0. The summed E-state index contributed by atoms with van der Waals surface area (Å²) >= 11 is 4.55. The molecule has 0 fully saturated rings. The van der Waals surface area contributed by atoms with Crippen molar-refractivity contribution < 1.29 is 0 Å². The van der Waals surface area contributed by atoms with Gasteiger partial charge in [-0.15, -0.1) is 0 Å². The van der Waals surface area contributed by atoms with Crippen LogP contribution < -0.4 is 0 Å². The summed E-state index contributed by atoms with van der Waals surface area (Å²) in [6, 6.07) is 10.4. The smallest absolute Gasteiger partial charge is 0.0585 e. The van der Waals surface area contributed by atoms with Crippen LogP contribution in [0.25, 0.3) is 0 Å². The molecule has 13 heavy (non-hydrogen) atoms. The highest BCUT2D eigenvalue weighted by Gasteiger charge is 2.06. The van der Waals surface area contributed by atoms with E-state index in [4.69, 9.17) is 0 Å². The molecule has 0 aromatic heterocycles. The highest BCUT2D eigenvalue weighted by atomic mass is 32.1. The molecule has 0 bridgehead atoms. The summed E-state index contributed by atoms with van der Waals surface area (Å²) in [7, 11) is 0. The minimum atomic E-state index is 0.483. The summed E-state index contributed by atoms with van der Waals surface area (Å²) < 4.78 is 0. The van der Waals surface area contributed by atoms with Crippen LogP contribution in [0.3, 0.4) is 0 Å². The number of hydrogen-bond acceptors (Lipinski definition) is 2. The summed E-state index contributed by atoms with van der Waals surface area (Å²) in [5.74, 6) is 0.483. The molecule has 1 aromatic rings. The second-order valence-corrected chi connectivity index (χ2v) is 3.13. The average Bonchev–Trinajstić information content (AvgIpc) is 2.21. The second kappa shape index (κ2) is 5.63. The molecule has 68 valence electrons. The first-order valence-electron chi connectivity index (χ1n) is 4.47. The lowest BCUT2D eigenvalue weighted by atomic mass is 9.97. The van der Waals surface area contributed by atoms with E-state index < -0.39 is 0 Å². The van der Waals surface area contributed by atoms with E-state index in [1.165, 1.54) is 5.56 Å². The zero-order valence-corrected chi connectivity index (χ0v) is 8.55. The number of thiocarbonyl (C=S) groups is 1. The molecule has 0 saturated carbocycles. The third-order valence-corrected chi connectivity index (χ3v) is 2.27. The van der Waals surface area contributed by atoms with Gasteiger partial charge in [0.05, 0.1) is 11.7 Å². The molecule has 1 unspecified atom stereocenters. The number of isothiocyanates is 1. The molecule has 1 rings (SSSR count). The maximum atomic E-state index is 4.55. The SMILES string of the molecule is CCC(CN=C=S)c1ccccc1. The molecule has 0 aliphatic heterocycles. The van der Waals surface area contributed by atoms with Gasteiger partial charge in [-0.05, 0) is 24.2 Å². The van der Waals surface area contributed by atoms with Crippen molar-refractivity contribution >= 4 is 17.4 Å². The minimum Gasteiger partial charge on any atom is -0.232 e. The van der Waals surface area contributed by atoms with Gasteiger partial charge in [0.15, 0.2) is 0 Å². The molecule has 1 atom stereocenters. The molecule has 1 nitrogen and oxygen atoms in total. The largest absolute Gasteiger partial charge is 0.232 e. The lowest BCUT2D eigenvalue weighted by Gasteiger charge is -2.10. The van der Waals surface area contributed by atoms with Crippen molar-refractivity contribution in [3.63, 3.8) is 0 Å². The molecule has 0 heterocycles. The van der Waals surface area contributed by atoms with E-state index in [1.807, 2.05) is 6.07 Å². The van der Waals surface area contributed by atoms with Crippen molar-refractivity contribution in [3.05, 3.63) is 35.9 Å². The van der Waals surface area contributed by atoms with Gasteiger partial charge < -0.3 is 0 Å². The number of nitrogens with zero attached hydrogens (tertiary/aromatic N) is 1. The Hall–Kier alpha value is -0.980. The molecule has 2 heteroatoms. The summed E-state index contributed by atoms with van der Waals surface area (Å²) in [5.41, 5.74) is 1.33. The van der Waals surface area contributed by atoms with Gasteiger partial charge in [0.25, 0.3) is 0 Å². The quantitative estimate of drug-likeness (QED) is 0.525. The van der Waals surface area contributed by atoms with Crippen molar-refractivity contribution in [2.24, 2.45) is 4.99 Å². The third kappa shape index (κ3) is 3.10. The van der Waals surface area contributed by atoms with E-state index in [9.17, 15) is 0 Å². The molecule has 0 aliphatic rings. The van der Waals surface area contributed by atoms with Crippen molar-refractivity contribution in [2.75, 3.05) is 6.54 Å². The first-order valence-corrected chi connectivity index (χ1v) is 4.88. The van der Waals surface area contributed by atoms with Crippen molar-refractivity contribution in [1.29, 1.82) is 0 Å². The van der Waals surface area contributed by atoms with Crippen LogP contribution >= 0.6 is 12.2 Å². The fraction of sp³-hybridized carbons (Fsp3) is 0.364. The zero-order valence-electron chi connectivity index (χ0n) is 7.73. The molecular weight excluding hydrogens is 178 g/mol. The second-order valence-electron chi connectivity index (χ2n) is 2.95. The maximum Gasteiger partial charge on any atom is 0.0585 e. The van der Waals surface area contributed by atoms with Gasteiger partial charge in [-0.3, -0.25) is 0 Å². The predicted octanol–water partition coefficient (Wildman–Crippen LogP) is 3.28. The van der Waals surface area contributed by atoms with Gasteiger partial charge in [0.2, 0.25) is 0 Å². The van der Waals surface area contributed by atoms with Gasteiger partial charge in [-0.1, -0.05) is 37.3 Å². The van der Waals surface area contributed by atoms with Gasteiger partial charge in [-0.2, -0.15) is 0 Å². The number of rotatable bonds is 4. The van der Waals surface area contributed by atoms with Crippen LogP contribution in [0, 0.1) is 0 Å². The first-order chi connectivity index (χ1) is 6.38. The van der Waals surface area contributed by atoms with E-state index in [0.29, 0.717) is 5.92 Å². The summed E-state index contributed by atoms with van der Waals surface area (Å²) in [6.07, 6.45) is 1.09. The molecule has 1 aromatic carbocycles. The van der Waals surface area contributed by atoms with E-state index in [1.54, 1.807) is 0 Å². The molecule has 0 spiro atoms. The Kier molecular flexibility index (Phi) is 4.37. The fourth-order valence-corrected chi connectivity index (χ4v) is 1.42. The maximum absolute atomic E-state index is 4.55. The Balaban J connectivity index is 2.72. The van der Waals surface area contributed by atoms with E-state index in [-0.39, 0.29) is 0 Å². The highest BCUT2D eigenvalue weighted by Crippen LogP contribution is 2.18. The number of aliphatic imine (C=N–C) groups is 1. The molecule has 0 saturated heterocycles. The zero-order chi connectivity index (χ0) is 9.52. The third-order valence-electron chi connectivity index (χ3n) is 2.14. The lowest BCUT2D eigenvalue weighted by Crippen LogP contribution is -2.00. The Morgan fingerprint density at radius 1 is 1.38 bits per heavy atom. The van der Waals surface area contributed by atoms with Crippen LogP contribution in [0.4, 0.5) is 0 Å². The van der Waals surface area contributed by atoms with Gasteiger partial charge in [0.1, 0.15) is 0 Å². The Bertz CT molecular complexity index is 288. The number of benzene rings is 1. The topological polar surface area (TPSA) is 12.4 Å². The Labute approximate surface area is 84.5 Å². The van der Waals surface area contributed by atoms with Gasteiger partial charge in [0, 0.05) is 5.92 Å². The summed E-state index contributed by atoms with van der Waals surface area (Å²) in [4.78, 5) is 3.98. The van der Waals surface area contributed by atoms with Crippen LogP contribution in [0.5, 0.6) is 0 Å². The molecule has 0 amide bonds. The normalized spacial score (nSPS) is 11.8. The minimum absolute atomic E-state index is 0.483. The van der Waals surface area contributed by atoms with E-state index in [0.717, 1.165) is 13.0 Å². The molecule has 0 aliphatic carbocycles. The molecular formula is C11H13NS. The standard InChI is InChI=1S/C11H13NS/c1-2-10(8-12-9-13)11-6-4-3-5-7-11/h3-7,10H,2,8H2,1H3. The average molecular weight is 191 g/mol. The fourth-order valence-electron chi connectivity index (χ4n) is 1.34. The van der Waals surface area contributed by atoms with Crippen molar-refractivity contribution in [1.82, 2.24) is 0 Å². The van der Waals surface area contributed by atoms with Gasteiger partial charge >= 0.3 is 0 Å². The van der Waals surface area contributed by atoms with Gasteiger partial charge in [-0.25, -0.2) is 4.99 Å². The molecule has 0 radical (unpaired) electrons. The van der Waals surface area contributed by atoms with Crippen LogP contribution in [-0.4, -0.2) is 11.7 Å². The van der Waals surface area contributed by atoms with Crippen LogP contribution in [0.2, 0.25) is 0 Å². The monoisotopic (exact) mass is 191 g/mol. The summed E-state index contributed by atoms with van der Waals surface area (Å²) in [5, 5.41) is 2.41. The van der Waals surface area contributed by atoms with Crippen LogP contribution in [0.1, 0.15) is 24.8 Å². The van der Waals surface area contributed by atoms with E-state index >= 15 is 0 Å². The van der Waals surface area contributed by atoms with E-state index in [2.05, 4.69) is 53.6 Å². The first kappa shape index (κ1) is 10.1.